The fourth-order valence-corrected chi connectivity index (χ4v) is 1.04. The zero-order chi connectivity index (χ0) is 9.14. The Bertz CT molecular complexity index is 318. The highest BCUT2D eigenvalue weighted by Crippen LogP contribution is 2.21. The van der Waals surface area contributed by atoms with Crippen LogP contribution in [-0.2, 0) is 6.67 Å². The van der Waals surface area contributed by atoms with E-state index >= 15 is 0 Å². The van der Waals surface area contributed by atoms with Crippen molar-refractivity contribution in [3.05, 3.63) is 32.5 Å². The van der Waals surface area contributed by atoms with Gasteiger partial charge in [0, 0.05) is 16.7 Å². The molecule has 0 radical (unpaired) electrons. The number of halogens is 2. The van der Waals surface area contributed by atoms with E-state index in [0.29, 0.717) is 4.47 Å². The van der Waals surface area contributed by atoms with E-state index < -0.39 is 11.6 Å². The van der Waals surface area contributed by atoms with Crippen LogP contribution < -0.4 is 0 Å². The van der Waals surface area contributed by atoms with E-state index in [1.54, 1.807) is 0 Å². The Morgan fingerprint density at radius 1 is 1.75 bits per heavy atom. The highest BCUT2D eigenvalue weighted by Gasteiger charge is 2.14. The SMILES string of the molecule is O=[N+]([O-])c1cc(Br)cnc1CF. The molecule has 0 atom stereocenters. The van der Waals surface area contributed by atoms with Crippen molar-refractivity contribution in [3.63, 3.8) is 0 Å². The molecule has 0 spiro atoms. The molecule has 0 saturated carbocycles. The summed E-state index contributed by atoms with van der Waals surface area (Å²) in [6, 6.07) is 1.22. The van der Waals surface area contributed by atoms with Crippen molar-refractivity contribution in [2.45, 2.75) is 6.67 Å². The molecule has 0 bridgehead atoms. The summed E-state index contributed by atoms with van der Waals surface area (Å²) in [5.41, 5.74) is -0.449. The molecule has 0 aliphatic rings. The second-order valence-corrected chi connectivity index (χ2v) is 2.93. The summed E-state index contributed by atoms with van der Waals surface area (Å²) < 4.78 is 12.6. The summed E-state index contributed by atoms with van der Waals surface area (Å²) in [6.45, 7) is -0.927. The Kier molecular flexibility index (Phi) is 2.69. The molecule has 0 aliphatic heterocycles. The molecular formula is C6H4BrFN2O2. The molecule has 0 saturated heterocycles. The zero-order valence-corrected chi connectivity index (χ0v) is 7.41. The van der Waals surface area contributed by atoms with Gasteiger partial charge in [-0.25, -0.2) is 4.39 Å². The van der Waals surface area contributed by atoms with Crippen LogP contribution >= 0.6 is 15.9 Å². The molecule has 0 aromatic carbocycles. The molecule has 0 N–H and O–H groups in total. The van der Waals surface area contributed by atoms with E-state index in [-0.39, 0.29) is 11.4 Å². The highest BCUT2D eigenvalue weighted by molar-refractivity contribution is 9.10. The number of nitrogens with zero attached hydrogens (tertiary/aromatic N) is 2. The largest absolute Gasteiger partial charge is 0.294 e. The smallest absolute Gasteiger partial charge is 0.258 e. The van der Waals surface area contributed by atoms with E-state index in [2.05, 4.69) is 20.9 Å². The molecule has 1 rings (SSSR count). The highest BCUT2D eigenvalue weighted by atomic mass is 79.9. The second kappa shape index (κ2) is 3.57. The molecular weight excluding hydrogens is 231 g/mol. The van der Waals surface area contributed by atoms with Gasteiger partial charge in [0.25, 0.3) is 5.69 Å². The van der Waals surface area contributed by atoms with Gasteiger partial charge in [0.1, 0.15) is 12.4 Å². The second-order valence-electron chi connectivity index (χ2n) is 2.01. The maximum Gasteiger partial charge on any atom is 0.294 e. The molecule has 0 amide bonds. The Labute approximate surface area is 75.7 Å². The predicted molar refractivity (Wildman–Crippen MR) is 43.4 cm³/mol. The lowest BCUT2D eigenvalue weighted by molar-refractivity contribution is -0.386. The lowest BCUT2D eigenvalue weighted by atomic mass is 10.3. The van der Waals surface area contributed by atoms with Gasteiger partial charge in [-0.05, 0) is 15.9 Å². The standard InChI is InChI=1S/C6H4BrFN2O2/c7-4-1-6(10(11)12)5(2-8)9-3-4/h1,3H,2H2. The van der Waals surface area contributed by atoms with Gasteiger partial charge in [-0.2, -0.15) is 0 Å². The van der Waals surface area contributed by atoms with Crippen LogP contribution in [0.4, 0.5) is 10.1 Å². The molecule has 0 fully saturated rings. The number of hydrogen-bond acceptors (Lipinski definition) is 3. The average molecular weight is 235 g/mol. The Morgan fingerprint density at radius 3 is 2.92 bits per heavy atom. The van der Waals surface area contributed by atoms with Gasteiger partial charge in [-0.15, -0.1) is 0 Å². The Morgan fingerprint density at radius 2 is 2.42 bits per heavy atom. The molecule has 1 aromatic rings. The zero-order valence-electron chi connectivity index (χ0n) is 5.83. The van der Waals surface area contributed by atoms with Crippen LogP contribution in [0.3, 0.4) is 0 Å². The fraction of sp³-hybridized carbons (Fsp3) is 0.167. The fourth-order valence-electron chi connectivity index (χ4n) is 0.718. The van der Waals surface area contributed by atoms with Crippen LogP contribution in [0.5, 0.6) is 0 Å². The van der Waals surface area contributed by atoms with Gasteiger partial charge in [-0.1, -0.05) is 0 Å². The first-order chi connectivity index (χ1) is 5.65. The van der Waals surface area contributed by atoms with Gasteiger partial charge < -0.3 is 0 Å². The first kappa shape index (κ1) is 9.05. The van der Waals surface area contributed by atoms with Crippen LogP contribution in [0.2, 0.25) is 0 Å². The van der Waals surface area contributed by atoms with E-state index in [0.717, 1.165) is 0 Å². The van der Waals surface area contributed by atoms with Crippen molar-refractivity contribution >= 4 is 21.6 Å². The monoisotopic (exact) mass is 234 g/mol. The minimum atomic E-state index is -0.927. The number of alkyl halides is 1. The average Bonchev–Trinajstić information content (AvgIpc) is 2.04. The molecule has 1 aromatic heterocycles. The van der Waals surface area contributed by atoms with Crippen molar-refractivity contribution in [2.24, 2.45) is 0 Å². The van der Waals surface area contributed by atoms with Crippen LogP contribution in [0.1, 0.15) is 5.69 Å². The lowest BCUT2D eigenvalue weighted by Gasteiger charge is -1.96. The van der Waals surface area contributed by atoms with Crippen molar-refractivity contribution in [1.29, 1.82) is 0 Å². The number of hydrogen-bond donors (Lipinski definition) is 0. The molecule has 64 valence electrons. The third-order valence-electron chi connectivity index (χ3n) is 1.24. The summed E-state index contributed by atoms with van der Waals surface area (Å²) >= 11 is 3.00. The van der Waals surface area contributed by atoms with Crippen molar-refractivity contribution < 1.29 is 9.31 Å². The summed E-state index contributed by atoms with van der Waals surface area (Å²) in [6.07, 6.45) is 1.32. The summed E-state index contributed by atoms with van der Waals surface area (Å²) in [5.74, 6) is 0. The van der Waals surface area contributed by atoms with E-state index in [1.165, 1.54) is 12.3 Å². The Balaban J connectivity index is 3.21. The number of rotatable bonds is 2. The lowest BCUT2D eigenvalue weighted by Crippen LogP contribution is -1.96. The maximum atomic E-state index is 12.1. The molecule has 4 nitrogen and oxygen atoms in total. The first-order valence-corrected chi connectivity index (χ1v) is 3.79. The van der Waals surface area contributed by atoms with E-state index in [9.17, 15) is 14.5 Å². The number of pyridine rings is 1. The van der Waals surface area contributed by atoms with Crippen molar-refractivity contribution in [3.8, 4) is 0 Å². The quantitative estimate of drug-likeness (QED) is 0.583. The van der Waals surface area contributed by atoms with Crippen LogP contribution in [0.15, 0.2) is 16.7 Å². The van der Waals surface area contributed by atoms with Gasteiger partial charge in [0.05, 0.1) is 4.92 Å². The molecule has 12 heavy (non-hydrogen) atoms. The normalized spacial score (nSPS) is 9.83. The topological polar surface area (TPSA) is 56.0 Å². The molecule has 1 heterocycles. The van der Waals surface area contributed by atoms with Gasteiger partial charge in [0.15, 0.2) is 0 Å². The summed E-state index contributed by atoms with van der Waals surface area (Å²) in [5, 5.41) is 10.3. The minimum Gasteiger partial charge on any atom is -0.258 e. The van der Waals surface area contributed by atoms with Gasteiger partial charge in [0.2, 0.25) is 0 Å². The van der Waals surface area contributed by atoms with Crippen LogP contribution in [-0.4, -0.2) is 9.91 Å². The minimum absolute atomic E-state index is 0.150. The summed E-state index contributed by atoms with van der Waals surface area (Å²) in [4.78, 5) is 13.2. The molecule has 6 heteroatoms. The van der Waals surface area contributed by atoms with Crippen LogP contribution in [0.25, 0.3) is 0 Å². The third-order valence-corrected chi connectivity index (χ3v) is 1.67. The van der Waals surface area contributed by atoms with E-state index in [4.69, 9.17) is 0 Å². The van der Waals surface area contributed by atoms with E-state index in [1.807, 2.05) is 0 Å². The predicted octanol–water partition coefficient (Wildman–Crippen LogP) is 2.22. The van der Waals surface area contributed by atoms with Gasteiger partial charge in [-0.3, -0.25) is 15.1 Å². The van der Waals surface area contributed by atoms with Crippen molar-refractivity contribution in [2.75, 3.05) is 0 Å². The molecule has 0 unspecified atom stereocenters. The Hall–Kier alpha value is -1.04. The maximum absolute atomic E-state index is 12.1. The molecule has 0 aliphatic carbocycles. The first-order valence-electron chi connectivity index (χ1n) is 3.00. The third kappa shape index (κ3) is 1.76. The van der Waals surface area contributed by atoms with Gasteiger partial charge >= 0.3 is 0 Å². The van der Waals surface area contributed by atoms with Crippen molar-refractivity contribution in [1.82, 2.24) is 4.98 Å². The summed E-state index contributed by atoms with van der Waals surface area (Å²) in [7, 11) is 0. The number of nitro groups is 1. The number of aromatic nitrogens is 1. The van der Waals surface area contributed by atoms with Crippen LogP contribution in [0, 0.1) is 10.1 Å².